The van der Waals surface area contributed by atoms with Crippen LogP contribution in [0.4, 0.5) is 4.79 Å². The second-order valence-electron chi connectivity index (χ2n) is 8.10. The van der Waals surface area contributed by atoms with Crippen LogP contribution >= 0.6 is 0 Å². The van der Waals surface area contributed by atoms with Crippen LogP contribution in [0.25, 0.3) is 0 Å². The van der Waals surface area contributed by atoms with E-state index in [0.717, 1.165) is 31.8 Å². The van der Waals surface area contributed by atoms with Crippen molar-refractivity contribution in [1.82, 2.24) is 10.2 Å². The summed E-state index contributed by atoms with van der Waals surface area (Å²) in [6.07, 6.45) is 5.63. The Bertz CT molecular complexity index is 336. The van der Waals surface area contributed by atoms with Crippen molar-refractivity contribution >= 4 is 6.09 Å². The summed E-state index contributed by atoms with van der Waals surface area (Å²) in [6, 6.07) is 0.773. The average Bonchev–Trinajstić information content (AvgIpc) is 2.41. The van der Waals surface area contributed by atoms with E-state index < -0.39 is 5.60 Å². The number of likely N-dealkylation sites (tertiary alicyclic amines) is 1. The minimum Gasteiger partial charge on any atom is -0.444 e. The number of hydrogen-bond donors (Lipinski definition) is 1. The predicted molar refractivity (Wildman–Crippen MR) is 92.1 cm³/mol. The number of hydrogen-bond acceptors (Lipinski definition) is 3. The van der Waals surface area contributed by atoms with E-state index in [1.807, 2.05) is 25.7 Å². The molecule has 0 aromatic heterocycles. The third-order valence-corrected chi connectivity index (χ3v) is 4.13. The fourth-order valence-corrected chi connectivity index (χ4v) is 2.80. The van der Waals surface area contributed by atoms with Crippen LogP contribution in [0, 0.1) is 5.92 Å². The molecule has 1 saturated heterocycles. The molecule has 0 aromatic rings. The Morgan fingerprint density at radius 1 is 1.23 bits per heavy atom. The topological polar surface area (TPSA) is 41.6 Å². The van der Waals surface area contributed by atoms with Crippen molar-refractivity contribution in [1.29, 1.82) is 0 Å². The summed E-state index contributed by atoms with van der Waals surface area (Å²) >= 11 is 0. The van der Waals surface area contributed by atoms with Crippen molar-refractivity contribution in [3.8, 4) is 0 Å². The maximum atomic E-state index is 12.4. The van der Waals surface area contributed by atoms with E-state index in [1.54, 1.807) is 0 Å². The number of rotatable bonds is 6. The zero-order valence-corrected chi connectivity index (χ0v) is 15.4. The molecular weight excluding hydrogens is 276 g/mol. The molecule has 1 heterocycles. The lowest BCUT2D eigenvalue weighted by Crippen LogP contribution is -2.51. The van der Waals surface area contributed by atoms with Gasteiger partial charge in [-0.05, 0) is 65.7 Å². The van der Waals surface area contributed by atoms with Gasteiger partial charge in [0.25, 0.3) is 0 Å². The summed E-state index contributed by atoms with van der Waals surface area (Å²) in [4.78, 5) is 14.3. The molecule has 130 valence electrons. The van der Waals surface area contributed by atoms with E-state index in [0.29, 0.717) is 6.04 Å². The van der Waals surface area contributed by atoms with Crippen LogP contribution in [-0.4, -0.2) is 41.8 Å². The Morgan fingerprint density at radius 3 is 2.50 bits per heavy atom. The van der Waals surface area contributed by atoms with Crippen molar-refractivity contribution in [2.75, 3.05) is 13.1 Å². The van der Waals surface area contributed by atoms with Crippen molar-refractivity contribution < 1.29 is 9.53 Å². The summed E-state index contributed by atoms with van der Waals surface area (Å²) in [5.41, 5.74) is -0.420. The lowest BCUT2D eigenvalue weighted by molar-refractivity contribution is 0.00967. The van der Waals surface area contributed by atoms with Gasteiger partial charge in [-0.1, -0.05) is 13.8 Å². The molecule has 1 aliphatic heterocycles. The standard InChI is InChI=1S/C18H36N2O2/c1-14(2)10-11-15(3)19-13-16-9-7-8-12-20(16)17(21)22-18(4,5)6/h14-16,19H,7-13H2,1-6H3. The maximum absolute atomic E-state index is 12.4. The molecular formula is C18H36N2O2. The Kier molecular flexibility index (Phi) is 7.67. The number of ether oxygens (including phenoxy) is 1. The van der Waals surface area contributed by atoms with Crippen molar-refractivity contribution in [3.05, 3.63) is 0 Å². The molecule has 2 unspecified atom stereocenters. The molecule has 1 N–H and O–H groups in total. The first-order chi connectivity index (χ1) is 10.2. The van der Waals surface area contributed by atoms with Crippen molar-refractivity contribution in [3.63, 3.8) is 0 Å². The summed E-state index contributed by atoms with van der Waals surface area (Å²) < 4.78 is 5.55. The van der Waals surface area contributed by atoms with Crippen LogP contribution in [0.15, 0.2) is 0 Å². The predicted octanol–water partition coefficient (Wildman–Crippen LogP) is 4.19. The van der Waals surface area contributed by atoms with Crippen LogP contribution in [0.5, 0.6) is 0 Å². The Hall–Kier alpha value is -0.770. The number of nitrogens with one attached hydrogen (secondary N) is 1. The van der Waals surface area contributed by atoms with E-state index in [4.69, 9.17) is 4.74 Å². The van der Waals surface area contributed by atoms with Gasteiger partial charge in [-0.3, -0.25) is 0 Å². The van der Waals surface area contributed by atoms with Gasteiger partial charge in [-0.25, -0.2) is 4.79 Å². The lowest BCUT2D eigenvalue weighted by Gasteiger charge is -2.37. The molecule has 0 spiro atoms. The number of carbonyl (C=O) groups is 1. The van der Waals surface area contributed by atoms with Crippen LogP contribution in [-0.2, 0) is 4.74 Å². The molecule has 4 heteroatoms. The zero-order valence-electron chi connectivity index (χ0n) is 15.4. The highest BCUT2D eigenvalue weighted by atomic mass is 16.6. The molecule has 22 heavy (non-hydrogen) atoms. The first-order valence-electron chi connectivity index (χ1n) is 8.92. The molecule has 2 atom stereocenters. The SMILES string of the molecule is CC(C)CCC(C)NCC1CCCCN1C(=O)OC(C)(C)C. The third-order valence-electron chi connectivity index (χ3n) is 4.13. The van der Waals surface area contributed by atoms with Crippen molar-refractivity contribution in [2.45, 2.75) is 91.3 Å². The van der Waals surface area contributed by atoms with E-state index in [2.05, 4.69) is 26.1 Å². The fourth-order valence-electron chi connectivity index (χ4n) is 2.80. The second-order valence-corrected chi connectivity index (χ2v) is 8.10. The molecule has 1 rings (SSSR count). The zero-order chi connectivity index (χ0) is 16.8. The molecule has 4 nitrogen and oxygen atoms in total. The van der Waals surface area contributed by atoms with Crippen molar-refractivity contribution in [2.24, 2.45) is 5.92 Å². The maximum Gasteiger partial charge on any atom is 0.410 e. The molecule has 0 aromatic carbocycles. The fraction of sp³-hybridized carbons (Fsp3) is 0.944. The number of amides is 1. The van der Waals surface area contributed by atoms with Gasteiger partial charge in [0.05, 0.1) is 0 Å². The monoisotopic (exact) mass is 312 g/mol. The van der Waals surface area contributed by atoms with Crippen LogP contribution < -0.4 is 5.32 Å². The van der Waals surface area contributed by atoms with Gasteiger partial charge in [0.2, 0.25) is 0 Å². The van der Waals surface area contributed by atoms with Gasteiger partial charge in [0.15, 0.2) is 0 Å². The average molecular weight is 312 g/mol. The summed E-state index contributed by atoms with van der Waals surface area (Å²) in [5.74, 6) is 0.747. The molecule has 0 saturated carbocycles. The normalized spacial score (nSPS) is 21.0. The minimum absolute atomic E-state index is 0.158. The van der Waals surface area contributed by atoms with Gasteiger partial charge in [0, 0.05) is 25.2 Å². The van der Waals surface area contributed by atoms with E-state index >= 15 is 0 Å². The highest BCUT2D eigenvalue weighted by Crippen LogP contribution is 2.20. The number of carbonyl (C=O) groups excluding carboxylic acids is 1. The molecule has 0 aliphatic carbocycles. The second kappa shape index (κ2) is 8.76. The minimum atomic E-state index is -0.420. The van der Waals surface area contributed by atoms with E-state index in [9.17, 15) is 4.79 Å². The Labute approximate surface area is 137 Å². The summed E-state index contributed by atoms with van der Waals surface area (Å²) in [5, 5.41) is 3.61. The molecule has 0 radical (unpaired) electrons. The van der Waals surface area contributed by atoms with Gasteiger partial charge in [-0.15, -0.1) is 0 Å². The highest BCUT2D eigenvalue weighted by molar-refractivity contribution is 5.68. The molecule has 0 bridgehead atoms. The largest absolute Gasteiger partial charge is 0.444 e. The number of nitrogens with zero attached hydrogens (tertiary/aromatic N) is 1. The molecule has 1 fully saturated rings. The van der Waals surface area contributed by atoms with Gasteiger partial charge in [-0.2, -0.15) is 0 Å². The van der Waals surface area contributed by atoms with E-state index in [-0.39, 0.29) is 12.1 Å². The Morgan fingerprint density at radius 2 is 1.91 bits per heavy atom. The first-order valence-corrected chi connectivity index (χ1v) is 8.92. The van der Waals surface area contributed by atoms with Gasteiger partial charge >= 0.3 is 6.09 Å². The summed E-state index contributed by atoms with van der Waals surface area (Å²) in [6.45, 7) is 14.2. The van der Waals surface area contributed by atoms with Crippen LogP contribution in [0.3, 0.4) is 0 Å². The molecule has 1 aliphatic rings. The van der Waals surface area contributed by atoms with Crippen LogP contribution in [0.2, 0.25) is 0 Å². The van der Waals surface area contributed by atoms with Crippen LogP contribution in [0.1, 0.15) is 73.6 Å². The molecule has 1 amide bonds. The Balaban J connectivity index is 2.46. The smallest absolute Gasteiger partial charge is 0.410 e. The van der Waals surface area contributed by atoms with Gasteiger partial charge < -0.3 is 15.0 Å². The highest BCUT2D eigenvalue weighted by Gasteiger charge is 2.30. The quantitative estimate of drug-likeness (QED) is 0.799. The third kappa shape index (κ3) is 7.48. The summed E-state index contributed by atoms with van der Waals surface area (Å²) in [7, 11) is 0. The van der Waals surface area contributed by atoms with Gasteiger partial charge in [0.1, 0.15) is 5.60 Å². The number of piperidine rings is 1. The first kappa shape index (κ1) is 19.3. The van der Waals surface area contributed by atoms with E-state index in [1.165, 1.54) is 19.3 Å². The lowest BCUT2D eigenvalue weighted by atomic mass is 10.0.